The standard InChI is InChI=1S/C18H28N4O3/c1-21-6-8-22(9-7-21)18(24)11-14-4-3-5-15(10-14)20-17(23)12-16(13-19)25-2/h3-5,10,16H,6-9,11-13,19H2,1-2H3,(H,20,23). The number of piperazine rings is 1. The van der Waals surface area contributed by atoms with Gasteiger partial charge in [-0.25, -0.2) is 0 Å². The van der Waals surface area contributed by atoms with E-state index in [9.17, 15) is 9.59 Å². The number of hydrogen-bond donors (Lipinski definition) is 2. The second-order valence-electron chi connectivity index (χ2n) is 6.41. The predicted octanol–water partition coefficient (Wildman–Crippen LogP) is 0.305. The molecular weight excluding hydrogens is 320 g/mol. The van der Waals surface area contributed by atoms with E-state index in [0.29, 0.717) is 18.7 Å². The maximum atomic E-state index is 12.4. The fourth-order valence-electron chi connectivity index (χ4n) is 2.78. The molecular formula is C18H28N4O3. The molecule has 1 heterocycles. The number of carbonyl (C=O) groups is 2. The van der Waals surface area contributed by atoms with Gasteiger partial charge in [-0.1, -0.05) is 12.1 Å². The number of nitrogens with one attached hydrogen (secondary N) is 1. The molecule has 0 bridgehead atoms. The highest BCUT2D eigenvalue weighted by Gasteiger charge is 2.19. The van der Waals surface area contributed by atoms with E-state index >= 15 is 0 Å². The van der Waals surface area contributed by atoms with Crippen molar-refractivity contribution in [1.29, 1.82) is 0 Å². The van der Waals surface area contributed by atoms with Crippen LogP contribution in [-0.4, -0.2) is 74.6 Å². The number of methoxy groups -OCH3 is 1. The SMILES string of the molecule is COC(CN)CC(=O)Nc1cccc(CC(=O)N2CCN(C)CC2)c1. The van der Waals surface area contributed by atoms with E-state index in [1.807, 2.05) is 29.2 Å². The zero-order valence-electron chi connectivity index (χ0n) is 15.0. The Morgan fingerprint density at radius 3 is 2.64 bits per heavy atom. The van der Waals surface area contributed by atoms with E-state index in [4.69, 9.17) is 10.5 Å². The third-order valence-electron chi connectivity index (χ3n) is 4.43. The molecule has 1 atom stereocenters. The molecule has 1 aromatic carbocycles. The van der Waals surface area contributed by atoms with E-state index in [-0.39, 0.29) is 24.3 Å². The van der Waals surface area contributed by atoms with Gasteiger partial charge in [-0.15, -0.1) is 0 Å². The number of amides is 2. The van der Waals surface area contributed by atoms with Crippen molar-refractivity contribution >= 4 is 17.5 Å². The second-order valence-corrected chi connectivity index (χ2v) is 6.41. The Bertz CT molecular complexity index is 581. The number of rotatable bonds is 7. The lowest BCUT2D eigenvalue weighted by Crippen LogP contribution is -2.47. The van der Waals surface area contributed by atoms with Gasteiger partial charge in [0.25, 0.3) is 0 Å². The second kappa shape index (κ2) is 9.50. The lowest BCUT2D eigenvalue weighted by molar-refractivity contribution is -0.132. The van der Waals surface area contributed by atoms with Crippen LogP contribution in [0, 0.1) is 0 Å². The quantitative estimate of drug-likeness (QED) is 0.740. The van der Waals surface area contributed by atoms with Gasteiger partial charge in [0, 0.05) is 45.5 Å². The van der Waals surface area contributed by atoms with E-state index in [1.165, 1.54) is 7.11 Å². The minimum absolute atomic E-state index is 0.124. The molecule has 2 amide bonds. The van der Waals surface area contributed by atoms with Gasteiger partial charge in [0.1, 0.15) is 0 Å². The Morgan fingerprint density at radius 1 is 1.28 bits per heavy atom. The maximum Gasteiger partial charge on any atom is 0.227 e. The molecule has 0 aliphatic carbocycles. The van der Waals surface area contributed by atoms with Crippen molar-refractivity contribution in [1.82, 2.24) is 9.80 Å². The summed E-state index contributed by atoms with van der Waals surface area (Å²) < 4.78 is 5.12. The molecule has 1 aromatic rings. The maximum absolute atomic E-state index is 12.4. The predicted molar refractivity (Wildman–Crippen MR) is 97.3 cm³/mol. The van der Waals surface area contributed by atoms with Gasteiger partial charge in [0.15, 0.2) is 0 Å². The first-order valence-corrected chi connectivity index (χ1v) is 8.59. The van der Waals surface area contributed by atoms with Gasteiger partial charge >= 0.3 is 0 Å². The summed E-state index contributed by atoms with van der Waals surface area (Å²) in [5.41, 5.74) is 7.11. The molecule has 7 nitrogen and oxygen atoms in total. The van der Waals surface area contributed by atoms with Crippen LogP contribution in [0.2, 0.25) is 0 Å². The smallest absolute Gasteiger partial charge is 0.227 e. The summed E-state index contributed by atoms with van der Waals surface area (Å²) in [7, 11) is 3.60. The number of ether oxygens (including phenoxy) is 1. The molecule has 1 aliphatic rings. The van der Waals surface area contributed by atoms with Crippen LogP contribution in [-0.2, 0) is 20.7 Å². The zero-order chi connectivity index (χ0) is 18.2. The Balaban J connectivity index is 1.90. The summed E-state index contributed by atoms with van der Waals surface area (Å²) in [6.07, 6.45) is 0.260. The molecule has 7 heteroatoms. The van der Waals surface area contributed by atoms with Crippen LogP contribution in [0.3, 0.4) is 0 Å². The molecule has 0 aromatic heterocycles. The molecule has 1 fully saturated rings. The van der Waals surface area contributed by atoms with Crippen molar-refractivity contribution in [3.63, 3.8) is 0 Å². The molecule has 0 saturated carbocycles. The topological polar surface area (TPSA) is 87.9 Å². The molecule has 1 unspecified atom stereocenters. The summed E-state index contributed by atoms with van der Waals surface area (Å²) in [5.74, 6) is -0.0287. The molecule has 25 heavy (non-hydrogen) atoms. The van der Waals surface area contributed by atoms with Crippen LogP contribution in [0.15, 0.2) is 24.3 Å². The number of carbonyl (C=O) groups excluding carboxylic acids is 2. The number of nitrogens with zero attached hydrogens (tertiary/aromatic N) is 2. The molecule has 0 spiro atoms. The molecule has 1 saturated heterocycles. The average Bonchev–Trinajstić information content (AvgIpc) is 2.60. The Morgan fingerprint density at radius 2 is 2.00 bits per heavy atom. The number of hydrogen-bond acceptors (Lipinski definition) is 5. The fraction of sp³-hybridized carbons (Fsp3) is 0.556. The molecule has 3 N–H and O–H groups in total. The van der Waals surface area contributed by atoms with Crippen molar-refractivity contribution in [2.24, 2.45) is 5.73 Å². The molecule has 138 valence electrons. The highest BCUT2D eigenvalue weighted by molar-refractivity contribution is 5.91. The number of nitrogens with two attached hydrogens (primary N) is 1. The number of likely N-dealkylation sites (N-methyl/N-ethyl adjacent to an activating group) is 1. The first-order chi connectivity index (χ1) is 12.0. The van der Waals surface area contributed by atoms with E-state index in [1.54, 1.807) is 0 Å². The molecule has 0 radical (unpaired) electrons. The van der Waals surface area contributed by atoms with Crippen LogP contribution in [0.25, 0.3) is 0 Å². The summed E-state index contributed by atoms with van der Waals surface area (Å²) in [5, 5.41) is 2.83. The van der Waals surface area contributed by atoms with Gasteiger partial charge in [-0.05, 0) is 24.7 Å². The van der Waals surface area contributed by atoms with E-state index in [0.717, 1.165) is 31.7 Å². The lowest BCUT2D eigenvalue weighted by Gasteiger charge is -2.32. The van der Waals surface area contributed by atoms with Crippen LogP contribution >= 0.6 is 0 Å². The fourth-order valence-corrected chi connectivity index (χ4v) is 2.78. The average molecular weight is 348 g/mol. The number of anilines is 1. The molecule has 2 rings (SSSR count). The Hall–Kier alpha value is -1.96. The highest BCUT2D eigenvalue weighted by atomic mass is 16.5. The van der Waals surface area contributed by atoms with Crippen molar-refractivity contribution < 1.29 is 14.3 Å². The van der Waals surface area contributed by atoms with Gasteiger partial charge in [-0.3, -0.25) is 9.59 Å². The summed E-state index contributed by atoms with van der Waals surface area (Å²) >= 11 is 0. The van der Waals surface area contributed by atoms with Crippen LogP contribution < -0.4 is 11.1 Å². The first kappa shape index (κ1) is 19.4. The highest BCUT2D eigenvalue weighted by Crippen LogP contribution is 2.13. The third kappa shape index (κ3) is 6.12. The largest absolute Gasteiger partial charge is 0.380 e. The minimum Gasteiger partial charge on any atom is -0.380 e. The minimum atomic E-state index is -0.290. The van der Waals surface area contributed by atoms with Crippen molar-refractivity contribution in [2.75, 3.05) is 52.2 Å². The van der Waals surface area contributed by atoms with Crippen molar-refractivity contribution in [3.05, 3.63) is 29.8 Å². The lowest BCUT2D eigenvalue weighted by atomic mass is 10.1. The van der Waals surface area contributed by atoms with Crippen LogP contribution in [0.5, 0.6) is 0 Å². The van der Waals surface area contributed by atoms with Gasteiger partial charge in [0.2, 0.25) is 11.8 Å². The van der Waals surface area contributed by atoms with Gasteiger partial charge in [0.05, 0.1) is 18.9 Å². The van der Waals surface area contributed by atoms with Crippen molar-refractivity contribution in [3.8, 4) is 0 Å². The molecule has 1 aliphatic heterocycles. The van der Waals surface area contributed by atoms with Crippen LogP contribution in [0.4, 0.5) is 5.69 Å². The van der Waals surface area contributed by atoms with Crippen molar-refractivity contribution in [2.45, 2.75) is 18.9 Å². The Kier molecular flexibility index (Phi) is 7.36. The summed E-state index contributed by atoms with van der Waals surface area (Å²) in [6.45, 7) is 3.64. The third-order valence-corrected chi connectivity index (χ3v) is 4.43. The first-order valence-electron chi connectivity index (χ1n) is 8.59. The summed E-state index contributed by atoms with van der Waals surface area (Å²) in [4.78, 5) is 28.6. The van der Waals surface area contributed by atoms with E-state index < -0.39 is 0 Å². The normalized spacial score (nSPS) is 16.5. The van der Waals surface area contributed by atoms with Gasteiger partial charge < -0.3 is 25.6 Å². The number of benzene rings is 1. The Labute approximate surface area is 149 Å². The van der Waals surface area contributed by atoms with Gasteiger partial charge in [-0.2, -0.15) is 0 Å². The van der Waals surface area contributed by atoms with Crippen LogP contribution in [0.1, 0.15) is 12.0 Å². The summed E-state index contributed by atoms with van der Waals surface area (Å²) in [6, 6.07) is 7.41. The zero-order valence-corrected chi connectivity index (χ0v) is 15.0. The van der Waals surface area contributed by atoms with E-state index in [2.05, 4.69) is 17.3 Å². The monoisotopic (exact) mass is 348 g/mol.